The maximum absolute atomic E-state index is 13.1. The van der Waals surface area contributed by atoms with Gasteiger partial charge in [0, 0.05) is 6.07 Å². The minimum Gasteiger partial charge on any atom is -0.493 e. The Bertz CT molecular complexity index is 1110. The van der Waals surface area contributed by atoms with Crippen LogP contribution in [-0.4, -0.2) is 42.2 Å². The highest BCUT2D eigenvalue weighted by Gasteiger charge is 2.35. The number of carbonyl (C=O) groups excluding carboxylic acids is 2. The van der Waals surface area contributed by atoms with Gasteiger partial charge < -0.3 is 14.6 Å². The van der Waals surface area contributed by atoms with Crippen LogP contribution in [0.3, 0.4) is 0 Å². The molecule has 1 saturated heterocycles. The van der Waals surface area contributed by atoms with Crippen molar-refractivity contribution in [2.45, 2.75) is 0 Å². The molecule has 0 aromatic heterocycles. The van der Waals surface area contributed by atoms with E-state index < -0.39 is 17.8 Å². The van der Waals surface area contributed by atoms with Crippen LogP contribution < -0.4 is 19.7 Å². The van der Waals surface area contributed by atoms with Crippen molar-refractivity contribution in [3.8, 4) is 11.5 Å². The number of anilines is 1. The standard InChI is InChI=1S/C20H15ClN2O6S/c1-28-15-8-11(14(21)9-16(15)29-2)7-13-17(24)22-20(30)23(18(13)25)12-5-3-4-10(6-12)19(26)27/h3-9H,1-2H3,(H,26,27)(H,22,24,30). The normalized spacial score (nSPS) is 15.2. The van der Waals surface area contributed by atoms with Crippen LogP contribution in [0.5, 0.6) is 11.5 Å². The van der Waals surface area contributed by atoms with Crippen LogP contribution >= 0.6 is 23.8 Å². The molecule has 0 saturated carbocycles. The zero-order valence-corrected chi connectivity index (χ0v) is 17.3. The lowest BCUT2D eigenvalue weighted by Crippen LogP contribution is -2.54. The van der Waals surface area contributed by atoms with Gasteiger partial charge in [0.25, 0.3) is 11.8 Å². The smallest absolute Gasteiger partial charge is 0.335 e. The summed E-state index contributed by atoms with van der Waals surface area (Å²) in [6.45, 7) is 0. The highest BCUT2D eigenvalue weighted by molar-refractivity contribution is 7.80. The summed E-state index contributed by atoms with van der Waals surface area (Å²) < 4.78 is 10.4. The largest absolute Gasteiger partial charge is 0.493 e. The van der Waals surface area contributed by atoms with E-state index in [0.717, 1.165) is 4.90 Å². The number of nitrogens with zero attached hydrogens (tertiary/aromatic N) is 1. The number of rotatable bonds is 5. The molecule has 3 rings (SSSR count). The Morgan fingerprint density at radius 3 is 2.47 bits per heavy atom. The number of benzene rings is 2. The molecule has 0 spiro atoms. The summed E-state index contributed by atoms with van der Waals surface area (Å²) in [5.41, 5.74) is 0.279. The van der Waals surface area contributed by atoms with Crippen LogP contribution in [0.1, 0.15) is 15.9 Å². The highest BCUT2D eigenvalue weighted by Crippen LogP contribution is 2.34. The van der Waals surface area contributed by atoms with Gasteiger partial charge in [-0.25, -0.2) is 4.79 Å². The number of methoxy groups -OCH3 is 2. The molecule has 2 amide bonds. The molecule has 2 aromatic rings. The minimum atomic E-state index is -1.16. The maximum Gasteiger partial charge on any atom is 0.335 e. The molecule has 154 valence electrons. The number of hydrogen-bond acceptors (Lipinski definition) is 6. The van der Waals surface area contributed by atoms with E-state index in [4.69, 9.17) is 33.3 Å². The molecule has 1 aliphatic rings. The Hall–Kier alpha value is -3.43. The molecule has 0 unspecified atom stereocenters. The minimum absolute atomic E-state index is 0.0338. The Morgan fingerprint density at radius 1 is 1.17 bits per heavy atom. The van der Waals surface area contributed by atoms with E-state index in [2.05, 4.69) is 5.32 Å². The summed E-state index contributed by atoms with van der Waals surface area (Å²) in [6, 6.07) is 8.66. The number of carboxylic acids is 1. The van der Waals surface area contributed by atoms with Gasteiger partial charge in [-0.1, -0.05) is 17.7 Å². The number of hydrogen-bond donors (Lipinski definition) is 2. The quantitative estimate of drug-likeness (QED) is 0.413. The van der Waals surface area contributed by atoms with E-state index in [0.29, 0.717) is 17.1 Å². The van der Waals surface area contributed by atoms with Gasteiger partial charge in [-0.15, -0.1) is 0 Å². The average molecular weight is 447 g/mol. The molecule has 2 aromatic carbocycles. The Kier molecular flexibility index (Phi) is 6.04. The lowest BCUT2D eigenvalue weighted by Gasteiger charge is -2.29. The second kappa shape index (κ2) is 8.52. The molecule has 30 heavy (non-hydrogen) atoms. The van der Waals surface area contributed by atoms with Gasteiger partial charge in [0.15, 0.2) is 16.6 Å². The van der Waals surface area contributed by atoms with Crippen LogP contribution in [0, 0.1) is 0 Å². The van der Waals surface area contributed by atoms with E-state index in [9.17, 15) is 19.5 Å². The first-order chi connectivity index (χ1) is 14.3. The first-order valence-electron chi connectivity index (χ1n) is 8.43. The Morgan fingerprint density at radius 2 is 1.83 bits per heavy atom. The first kappa shape index (κ1) is 21.3. The van der Waals surface area contributed by atoms with Crippen molar-refractivity contribution in [3.05, 3.63) is 58.1 Å². The van der Waals surface area contributed by atoms with Gasteiger partial charge >= 0.3 is 5.97 Å². The van der Waals surface area contributed by atoms with Crippen molar-refractivity contribution < 1.29 is 29.0 Å². The third-order valence-corrected chi connectivity index (χ3v) is 4.87. The van der Waals surface area contributed by atoms with Gasteiger partial charge in [0.2, 0.25) is 0 Å². The Balaban J connectivity index is 2.07. The van der Waals surface area contributed by atoms with Crippen LogP contribution in [0.15, 0.2) is 42.0 Å². The number of halogens is 1. The summed E-state index contributed by atoms with van der Waals surface area (Å²) in [6.07, 6.45) is 1.30. The lowest BCUT2D eigenvalue weighted by atomic mass is 10.1. The summed E-state index contributed by atoms with van der Waals surface area (Å²) in [7, 11) is 2.89. The van der Waals surface area contributed by atoms with Crippen molar-refractivity contribution in [1.29, 1.82) is 0 Å². The maximum atomic E-state index is 13.1. The van der Waals surface area contributed by atoms with E-state index in [-0.39, 0.29) is 27.0 Å². The number of nitrogens with one attached hydrogen (secondary N) is 1. The van der Waals surface area contributed by atoms with Crippen LogP contribution in [0.4, 0.5) is 5.69 Å². The topological polar surface area (TPSA) is 105 Å². The number of aromatic carboxylic acids is 1. The van der Waals surface area contributed by atoms with Crippen molar-refractivity contribution >= 4 is 58.5 Å². The molecule has 8 nitrogen and oxygen atoms in total. The number of carbonyl (C=O) groups is 3. The van der Waals surface area contributed by atoms with Crippen LogP contribution in [0.2, 0.25) is 5.02 Å². The predicted octanol–water partition coefficient (Wildman–Crippen LogP) is 2.89. The van der Waals surface area contributed by atoms with Crippen molar-refractivity contribution in [3.63, 3.8) is 0 Å². The first-order valence-corrected chi connectivity index (χ1v) is 9.21. The summed E-state index contributed by atoms with van der Waals surface area (Å²) in [4.78, 5) is 37.8. The van der Waals surface area contributed by atoms with E-state index in [1.807, 2.05) is 0 Å². The zero-order chi connectivity index (χ0) is 22.0. The second-order valence-corrected chi connectivity index (χ2v) is 6.84. The lowest BCUT2D eigenvalue weighted by molar-refractivity contribution is -0.122. The van der Waals surface area contributed by atoms with Gasteiger partial charge in [0.05, 0.1) is 30.5 Å². The van der Waals surface area contributed by atoms with Gasteiger partial charge in [-0.3, -0.25) is 19.8 Å². The van der Waals surface area contributed by atoms with Crippen molar-refractivity contribution in [1.82, 2.24) is 5.32 Å². The van der Waals surface area contributed by atoms with Crippen LogP contribution in [-0.2, 0) is 9.59 Å². The summed E-state index contributed by atoms with van der Waals surface area (Å²) in [5.74, 6) is -1.85. The third-order valence-electron chi connectivity index (χ3n) is 4.26. The second-order valence-electron chi connectivity index (χ2n) is 6.04. The molecular weight excluding hydrogens is 432 g/mol. The van der Waals surface area contributed by atoms with Gasteiger partial charge in [0.1, 0.15) is 5.57 Å². The van der Waals surface area contributed by atoms with Crippen LogP contribution in [0.25, 0.3) is 6.08 Å². The zero-order valence-electron chi connectivity index (χ0n) is 15.8. The molecule has 0 radical (unpaired) electrons. The molecule has 2 N–H and O–H groups in total. The fourth-order valence-corrected chi connectivity index (χ4v) is 3.30. The molecule has 0 atom stereocenters. The molecule has 10 heteroatoms. The molecule has 1 fully saturated rings. The fraction of sp³-hybridized carbons (Fsp3) is 0.100. The number of amides is 2. The highest BCUT2D eigenvalue weighted by atomic mass is 35.5. The SMILES string of the molecule is COc1cc(Cl)c(C=C2C(=O)NC(=S)N(c3cccc(C(=O)O)c3)C2=O)cc1OC. The molecule has 1 aliphatic heterocycles. The predicted molar refractivity (Wildman–Crippen MR) is 114 cm³/mol. The fourth-order valence-electron chi connectivity index (χ4n) is 2.81. The summed E-state index contributed by atoms with van der Waals surface area (Å²) in [5, 5.41) is 11.7. The monoisotopic (exact) mass is 446 g/mol. The average Bonchev–Trinajstić information content (AvgIpc) is 2.71. The number of carboxylic acid groups (broad SMARTS) is 1. The van der Waals surface area contributed by atoms with Crippen molar-refractivity contribution in [2.24, 2.45) is 0 Å². The van der Waals surface area contributed by atoms with E-state index in [1.54, 1.807) is 0 Å². The Labute approximate surface area is 181 Å². The van der Waals surface area contributed by atoms with Crippen molar-refractivity contribution in [2.75, 3.05) is 19.1 Å². The number of ether oxygens (including phenoxy) is 2. The molecule has 0 aliphatic carbocycles. The summed E-state index contributed by atoms with van der Waals surface area (Å²) >= 11 is 11.4. The third kappa shape index (κ3) is 3.98. The molecule has 0 bridgehead atoms. The van der Waals surface area contributed by atoms with Gasteiger partial charge in [-0.2, -0.15) is 0 Å². The molecule has 1 heterocycles. The molecular formula is C20H15ClN2O6S. The van der Waals surface area contributed by atoms with Gasteiger partial charge in [-0.05, 0) is 48.1 Å². The van der Waals surface area contributed by atoms with E-state index >= 15 is 0 Å². The van der Waals surface area contributed by atoms with E-state index in [1.165, 1.54) is 56.7 Å². The number of thiocarbonyl (C=S) groups is 1.